The third-order valence-electron chi connectivity index (χ3n) is 2.38. The van der Waals surface area contributed by atoms with E-state index in [-0.39, 0.29) is 24.0 Å². The number of aryl methyl sites for hydroxylation is 1. The van der Waals surface area contributed by atoms with E-state index in [1.54, 1.807) is 18.4 Å². The number of aliphatic imine (C=N–C) groups is 1. The number of halogens is 1. The van der Waals surface area contributed by atoms with Gasteiger partial charge in [-0.2, -0.15) is 11.8 Å². The quantitative estimate of drug-likeness (QED) is 0.312. The van der Waals surface area contributed by atoms with Crippen molar-refractivity contribution in [3.05, 3.63) is 16.1 Å². The zero-order chi connectivity index (χ0) is 13.2. The zero-order valence-corrected chi connectivity index (χ0v) is 15.7. The molecule has 1 aromatic rings. The van der Waals surface area contributed by atoms with Crippen LogP contribution in [0.5, 0.6) is 0 Å². The molecule has 4 nitrogen and oxygen atoms in total. The van der Waals surface area contributed by atoms with Crippen molar-refractivity contribution < 1.29 is 0 Å². The molecule has 0 bridgehead atoms. The maximum Gasteiger partial charge on any atom is 0.190 e. The molecule has 0 saturated heterocycles. The standard InChI is InChI=1S/C12H22N4S2.HI/c1-10-16-11(9-18-10)5-7-15-12(13-2)14-6-4-8-17-3;/h9H,4-8H2,1-3H3,(H2,13,14,15);1H. The van der Waals surface area contributed by atoms with E-state index in [0.717, 1.165) is 42.6 Å². The van der Waals surface area contributed by atoms with Crippen LogP contribution in [-0.4, -0.2) is 43.1 Å². The molecule has 1 aromatic heterocycles. The monoisotopic (exact) mass is 414 g/mol. The van der Waals surface area contributed by atoms with Crippen molar-refractivity contribution >= 4 is 53.0 Å². The topological polar surface area (TPSA) is 49.3 Å². The molecule has 1 rings (SSSR count). The summed E-state index contributed by atoms with van der Waals surface area (Å²) in [6.07, 6.45) is 4.23. The Balaban J connectivity index is 0.00000324. The second kappa shape index (κ2) is 11.8. The van der Waals surface area contributed by atoms with E-state index in [4.69, 9.17) is 0 Å². The Labute approximate surface area is 141 Å². The van der Waals surface area contributed by atoms with Crippen molar-refractivity contribution in [3.8, 4) is 0 Å². The highest BCUT2D eigenvalue weighted by Gasteiger charge is 2.00. The van der Waals surface area contributed by atoms with Crippen molar-refractivity contribution in [2.75, 3.05) is 32.1 Å². The minimum Gasteiger partial charge on any atom is -0.356 e. The molecule has 19 heavy (non-hydrogen) atoms. The van der Waals surface area contributed by atoms with Gasteiger partial charge in [0.2, 0.25) is 0 Å². The van der Waals surface area contributed by atoms with Crippen LogP contribution in [0.3, 0.4) is 0 Å². The van der Waals surface area contributed by atoms with Gasteiger partial charge in [0.15, 0.2) is 5.96 Å². The Morgan fingerprint density at radius 3 is 2.74 bits per heavy atom. The van der Waals surface area contributed by atoms with Gasteiger partial charge < -0.3 is 10.6 Å². The number of rotatable bonds is 7. The highest BCUT2D eigenvalue weighted by atomic mass is 127. The van der Waals surface area contributed by atoms with Gasteiger partial charge in [0.05, 0.1) is 10.7 Å². The Morgan fingerprint density at radius 1 is 1.42 bits per heavy atom. The lowest BCUT2D eigenvalue weighted by Gasteiger charge is -2.10. The minimum atomic E-state index is 0. The maximum absolute atomic E-state index is 4.44. The summed E-state index contributed by atoms with van der Waals surface area (Å²) in [5, 5.41) is 9.85. The first kappa shape index (κ1) is 19.0. The van der Waals surface area contributed by atoms with Gasteiger partial charge in [0, 0.05) is 31.9 Å². The van der Waals surface area contributed by atoms with Gasteiger partial charge in [-0.15, -0.1) is 35.3 Å². The average molecular weight is 414 g/mol. The van der Waals surface area contributed by atoms with Crippen LogP contribution in [0, 0.1) is 6.92 Å². The predicted octanol–water partition coefficient (Wildman–Crippen LogP) is 2.53. The fourth-order valence-electron chi connectivity index (χ4n) is 1.48. The molecule has 0 amide bonds. The molecule has 110 valence electrons. The van der Waals surface area contributed by atoms with Crippen molar-refractivity contribution in [3.63, 3.8) is 0 Å². The van der Waals surface area contributed by atoms with E-state index in [2.05, 4.69) is 32.2 Å². The molecule has 0 radical (unpaired) electrons. The molecular formula is C12H23IN4S2. The van der Waals surface area contributed by atoms with E-state index >= 15 is 0 Å². The molecule has 0 aromatic carbocycles. The van der Waals surface area contributed by atoms with E-state index in [1.807, 2.05) is 18.7 Å². The van der Waals surface area contributed by atoms with Crippen molar-refractivity contribution in [2.24, 2.45) is 4.99 Å². The number of hydrogen-bond donors (Lipinski definition) is 2. The Hall–Kier alpha value is -0.0200. The molecular weight excluding hydrogens is 391 g/mol. The number of aromatic nitrogens is 1. The Morgan fingerprint density at radius 2 is 2.16 bits per heavy atom. The number of nitrogens with one attached hydrogen (secondary N) is 2. The fourth-order valence-corrected chi connectivity index (χ4v) is 2.56. The van der Waals surface area contributed by atoms with Crippen molar-refractivity contribution in [1.82, 2.24) is 15.6 Å². The summed E-state index contributed by atoms with van der Waals surface area (Å²) in [6.45, 7) is 3.87. The molecule has 0 aliphatic heterocycles. The lowest BCUT2D eigenvalue weighted by atomic mass is 10.3. The van der Waals surface area contributed by atoms with Gasteiger partial charge in [-0.3, -0.25) is 4.99 Å². The SMILES string of the molecule is CN=C(NCCCSC)NCCc1csc(C)n1.I. The summed E-state index contributed by atoms with van der Waals surface area (Å²) in [6, 6.07) is 0. The second-order valence-electron chi connectivity index (χ2n) is 3.88. The lowest BCUT2D eigenvalue weighted by molar-refractivity contribution is 0.771. The Bertz CT molecular complexity index is 368. The van der Waals surface area contributed by atoms with Gasteiger partial charge in [-0.1, -0.05) is 0 Å². The lowest BCUT2D eigenvalue weighted by Crippen LogP contribution is -2.38. The third-order valence-corrected chi connectivity index (χ3v) is 3.90. The maximum atomic E-state index is 4.44. The fraction of sp³-hybridized carbons (Fsp3) is 0.667. The van der Waals surface area contributed by atoms with E-state index in [0.29, 0.717) is 0 Å². The molecule has 1 heterocycles. The largest absolute Gasteiger partial charge is 0.356 e. The summed E-state index contributed by atoms with van der Waals surface area (Å²) in [5.41, 5.74) is 1.16. The van der Waals surface area contributed by atoms with Crippen LogP contribution < -0.4 is 10.6 Å². The summed E-state index contributed by atoms with van der Waals surface area (Å²) in [5.74, 6) is 2.06. The first-order chi connectivity index (χ1) is 8.76. The number of nitrogens with zero attached hydrogens (tertiary/aromatic N) is 2. The van der Waals surface area contributed by atoms with Crippen LogP contribution in [0.2, 0.25) is 0 Å². The van der Waals surface area contributed by atoms with Gasteiger partial charge in [0.1, 0.15) is 0 Å². The average Bonchev–Trinajstić information content (AvgIpc) is 2.78. The summed E-state index contributed by atoms with van der Waals surface area (Å²) < 4.78 is 0. The highest BCUT2D eigenvalue weighted by Crippen LogP contribution is 2.07. The van der Waals surface area contributed by atoms with E-state index < -0.39 is 0 Å². The molecule has 7 heteroatoms. The third kappa shape index (κ3) is 8.69. The van der Waals surface area contributed by atoms with Crippen LogP contribution in [0.15, 0.2) is 10.4 Å². The van der Waals surface area contributed by atoms with Gasteiger partial charge in [0.25, 0.3) is 0 Å². The Kier molecular flexibility index (Phi) is 11.8. The summed E-state index contributed by atoms with van der Waals surface area (Å²) in [4.78, 5) is 8.63. The van der Waals surface area contributed by atoms with Gasteiger partial charge in [-0.25, -0.2) is 4.98 Å². The normalized spacial score (nSPS) is 11.0. The van der Waals surface area contributed by atoms with Crippen LogP contribution in [0.1, 0.15) is 17.1 Å². The minimum absolute atomic E-state index is 0. The van der Waals surface area contributed by atoms with Crippen molar-refractivity contribution in [2.45, 2.75) is 19.8 Å². The molecule has 2 N–H and O–H groups in total. The zero-order valence-electron chi connectivity index (χ0n) is 11.7. The number of thiazole rings is 1. The molecule has 0 fully saturated rings. The van der Waals surface area contributed by atoms with E-state index in [1.165, 1.54) is 5.75 Å². The number of hydrogen-bond acceptors (Lipinski definition) is 4. The van der Waals surface area contributed by atoms with Crippen LogP contribution in [-0.2, 0) is 6.42 Å². The molecule has 0 spiro atoms. The van der Waals surface area contributed by atoms with Crippen molar-refractivity contribution in [1.29, 1.82) is 0 Å². The molecule has 0 atom stereocenters. The smallest absolute Gasteiger partial charge is 0.190 e. The molecule has 0 aliphatic rings. The predicted molar refractivity (Wildman–Crippen MR) is 98.3 cm³/mol. The van der Waals surface area contributed by atoms with Crippen LogP contribution in [0.25, 0.3) is 0 Å². The van der Waals surface area contributed by atoms with Gasteiger partial charge in [-0.05, 0) is 25.4 Å². The summed E-state index contributed by atoms with van der Waals surface area (Å²) in [7, 11) is 1.80. The first-order valence-corrected chi connectivity index (χ1v) is 8.38. The highest BCUT2D eigenvalue weighted by molar-refractivity contribution is 14.0. The molecule has 0 aliphatic carbocycles. The second-order valence-corrected chi connectivity index (χ2v) is 5.93. The summed E-state index contributed by atoms with van der Waals surface area (Å²) >= 11 is 3.57. The number of thioether (sulfide) groups is 1. The molecule has 0 unspecified atom stereocenters. The van der Waals surface area contributed by atoms with Gasteiger partial charge >= 0.3 is 0 Å². The van der Waals surface area contributed by atoms with Crippen LogP contribution in [0.4, 0.5) is 0 Å². The molecule has 0 saturated carbocycles. The first-order valence-electron chi connectivity index (χ1n) is 6.10. The van der Waals surface area contributed by atoms with Crippen LogP contribution >= 0.6 is 47.1 Å². The van der Waals surface area contributed by atoms with E-state index in [9.17, 15) is 0 Å². The number of guanidine groups is 1.